The van der Waals surface area contributed by atoms with E-state index in [0.717, 1.165) is 12.0 Å². The number of carbonyl (C=O) groups is 1. The van der Waals surface area contributed by atoms with Crippen LogP contribution in [0.5, 0.6) is 5.75 Å². The quantitative estimate of drug-likeness (QED) is 0.803. The number of benzene rings is 1. The summed E-state index contributed by atoms with van der Waals surface area (Å²) in [5, 5.41) is 0.649. The molecule has 0 radical (unpaired) electrons. The van der Waals surface area contributed by atoms with E-state index < -0.39 is 0 Å². The molecule has 1 atom stereocenters. The molecule has 0 aliphatic heterocycles. The third-order valence-corrected chi connectivity index (χ3v) is 3.73. The predicted octanol–water partition coefficient (Wildman–Crippen LogP) is 2.87. The molecule has 0 fully saturated rings. The van der Waals surface area contributed by atoms with Crippen LogP contribution in [0, 0.1) is 0 Å². The summed E-state index contributed by atoms with van der Waals surface area (Å²) in [4.78, 5) is 13.7. The second-order valence-electron chi connectivity index (χ2n) is 4.98. The molecule has 0 spiro atoms. The topological polar surface area (TPSA) is 55.6 Å². The second-order valence-corrected chi connectivity index (χ2v) is 5.42. The highest BCUT2D eigenvalue weighted by Gasteiger charge is 2.13. The van der Waals surface area contributed by atoms with Crippen molar-refractivity contribution < 1.29 is 9.53 Å². The molecular formula is C16H25ClN2O2. The molecule has 1 rings (SSSR count). The fraction of sp³-hybridized carbons (Fsp3) is 0.562. The number of halogens is 1. The lowest BCUT2D eigenvalue weighted by Crippen LogP contribution is -2.34. The summed E-state index contributed by atoms with van der Waals surface area (Å²) >= 11 is 6.03. The largest absolute Gasteiger partial charge is 0.483 e. The maximum atomic E-state index is 12.0. The van der Waals surface area contributed by atoms with E-state index in [-0.39, 0.29) is 18.6 Å². The van der Waals surface area contributed by atoms with E-state index in [2.05, 4.69) is 0 Å². The minimum atomic E-state index is -0.0133. The van der Waals surface area contributed by atoms with Crippen molar-refractivity contribution in [2.24, 2.45) is 5.73 Å². The number of ether oxygens (including phenoxy) is 1. The molecule has 118 valence electrons. The minimum absolute atomic E-state index is 0.0133. The zero-order valence-electron chi connectivity index (χ0n) is 13.1. The number of amides is 1. The van der Waals surface area contributed by atoms with E-state index >= 15 is 0 Å². The zero-order chi connectivity index (χ0) is 15.8. The van der Waals surface area contributed by atoms with Crippen LogP contribution in [-0.2, 0) is 11.2 Å². The number of hydrogen-bond acceptors (Lipinski definition) is 3. The average Bonchev–Trinajstić information content (AvgIpc) is 2.47. The van der Waals surface area contributed by atoms with E-state index in [4.69, 9.17) is 22.1 Å². The first-order valence-corrected chi connectivity index (χ1v) is 7.84. The number of hydrogen-bond donors (Lipinski definition) is 1. The highest BCUT2D eigenvalue weighted by atomic mass is 35.5. The Bertz CT molecular complexity index is 462. The van der Waals surface area contributed by atoms with Gasteiger partial charge in [-0.25, -0.2) is 0 Å². The Balaban J connectivity index is 2.76. The van der Waals surface area contributed by atoms with Gasteiger partial charge in [0.25, 0.3) is 5.91 Å². The van der Waals surface area contributed by atoms with Crippen LogP contribution in [0.4, 0.5) is 0 Å². The number of carbonyl (C=O) groups excluding carboxylic acids is 1. The van der Waals surface area contributed by atoms with Gasteiger partial charge in [-0.15, -0.1) is 0 Å². The number of nitrogens with zero attached hydrogens (tertiary/aromatic N) is 1. The molecule has 0 bridgehead atoms. The van der Waals surface area contributed by atoms with Gasteiger partial charge in [-0.2, -0.15) is 0 Å². The van der Waals surface area contributed by atoms with Crippen molar-refractivity contribution in [2.45, 2.75) is 39.7 Å². The lowest BCUT2D eigenvalue weighted by Gasteiger charge is -2.20. The minimum Gasteiger partial charge on any atom is -0.483 e. The van der Waals surface area contributed by atoms with Gasteiger partial charge in [-0.3, -0.25) is 4.79 Å². The Labute approximate surface area is 132 Å². The van der Waals surface area contributed by atoms with E-state index in [1.165, 1.54) is 0 Å². The first kappa shape index (κ1) is 17.8. The van der Waals surface area contributed by atoms with Crippen molar-refractivity contribution in [1.82, 2.24) is 4.90 Å². The van der Waals surface area contributed by atoms with Gasteiger partial charge in [0.1, 0.15) is 5.75 Å². The Morgan fingerprint density at radius 3 is 2.57 bits per heavy atom. The predicted molar refractivity (Wildman–Crippen MR) is 86.8 cm³/mol. The van der Waals surface area contributed by atoms with Crippen LogP contribution in [0.3, 0.4) is 0 Å². The number of rotatable bonds is 8. The second kappa shape index (κ2) is 8.90. The smallest absolute Gasteiger partial charge is 0.260 e. The summed E-state index contributed by atoms with van der Waals surface area (Å²) in [7, 11) is 0. The van der Waals surface area contributed by atoms with Gasteiger partial charge in [0.2, 0.25) is 0 Å². The fourth-order valence-electron chi connectivity index (χ4n) is 2.08. The van der Waals surface area contributed by atoms with Crippen LogP contribution in [0.1, 0.15) is 32.8 Å². The maximum absolute atomic E-state index is 12.0. The van der Waals surface area contributed by atoms with E-state index in [0.29, 0.717) is 30.3 Å². The van der Waals surface area contributed by atoms with Crippen LogP contribution in [-0.4, -0.2) is 36.5 Å². The molecular weight excluding hydrogens is 288 g/mol. The molecule has 1 unspecified atom stereocenters. The lowest BCUT2D eigenvalue weighted by atomic mass is 10.0. The van der Waals surface area contributed by atoms with Gasteiger partial charge in [0.05, 0.1) is 0 Å². The van der Waals surface area contributed by atoms with E-state index in [1.54, 1.807) is 17.0 Å². The van der Waals surface area contributed by atoms with Crippen molar-refractivity contribution in [1.29, 1.82) is 0 Å². The molecule has 21 heavy (non-hydrogen) atoms. The SMILES string of the molecule is CCC(N)Cc1cc(Cl)ccc1OCC(=O)N(CC)CC. The monoisotopic (exact) mass is 312 g/mol. The van der Waals surface area contributed by atoms with E-state index in [1.807, 2.05) is 26.8 Å². The number of nitrogens with two attached hydrogens (primary N) is 1. The summed E-state index contributed by atoms with van der Waals surface area (Å²) in [6.45, 7) is 7.36. The summed E-state index contributed by atoms with van der Waals surface area (Å²) in [5.74, 6) is 0.671. The van der Waals surface area contributed by atoms with Gasteiger partial charge in [-0.05, 0) is 50.5 Å². The van der Waals surface area contributed by atoms with Crippen LogP contribution < -0.4 is 10.5 Å². The molecule has 1 aromatic carbocycles. The van der Waals surface area contributed by atoms with Crippen LogP contribution in [0.25, 0.3) is 0 Å². The first-order valence-electron chi connectivity index (χ1n) is 7.46. The zero-order valence-corrected chi connectivity index (χ0v) is 13.8. The van der Waals surface area contributed by atoms with Crippen LogP contribution >= 0.6 is 11.6 Å². The molecule has 1 amide bonds. The Morgan fingerprint density at radius 1 is 1.33 bits per heavy atom. The van der Waals surface area contributed by atoms with Gasteiger partial charge in [0.15, 0.2) is 6.61 Å². The molecule has 0 saturated carbocycles. The van der Waals surface area contributed by atoms with E-state index in [9.17, 15) is 4.79 Å². The van der Waals surface area contributed by atoms with Gasteiger partial charge >= 0.3 is 0 Å². The van der Waals surface area contributed by atoms with Gasteiger partial charge in [0, 0.05) is 24.2 Å². The summed E-state index contributed by atoms with van der Waals surface area (Å²) in [6.07, 6.45) is 1.57. The molecule has 0 aromatic heterocycles. The molecule has 0 saturated heterocycles. The molecule has 1 aromatic rings. The Kier molecular flexibility index (Phi) is 7.54. The van der Waals surface area contributed by atoms with Crippen molar-refractivity contribution in [3.63, 3.8) is 0 Å². The molecule has 0 heterocycles. The summed E-state index contributed by atoms with van der Waals surface area (Å²) < 4.78 is 5.68. The van der Waals surface area contributed by atoms with Crippen molar-refractivity contribution >= 4 is 17.5 Å². The molecule has 0 aliphatic rings. The van der Waals surface area contributed by atoms with Crippen molar-refractivity contribution in [2.75, 3.05) is 19.7 Å². The summed E-state index contributed by atoms with van der Waals surface area (Å²) in [6, 6.07) is 5.48. The Morgan fingerprint density at radius 2 is 2.00 bits per heavy atom. The molecule has 5 heteroatoms. The molecule has 2 N–H and O–H groups in total. The highest BCUT2D eigenvalue weighted by Crippen LogP contribution is 2.24. The Hall–Kier alpha value is -1.26. The third-order valence-electron chi connectivity index (χ3n) is 3.50. The standard InChI is InChI=1S/C16H25ClN2O2/c1-4-14(18)10-12-9-13(17)7-8-15(12)21-11-16(20)19(5-2)6-3/h7-9,14H,4-6,10-11,18H2,1-3H3. The van der Waals surface area contributed by atoms with Gasteiger partial charge < -0.3 is 15.4 Å². The molecule has 0 aliphatic carbocycles. The van der Waals surface area contributed by atoms with Crippen molar-refractivity contribution in [3.05, 3.63) is 28.8 Å². The van der Waals surface area contributed by atoms with Crippen LogP contribution in [0.15, 0.2) is 18.2 Å². The average molecular weight is 313 g/mol. The van der Waals surface area contributed by atoms with Crippen molar-refractivity contribution in [3.8, 4) is 5.75 Å². The third kappa shape index (κ3) is 5.56. The first-order chi connectivity index (χ1) is 10.0. The van der Waals surface area contributed by atoms with Gasteiger partial charge in [-0.1, -0.05) is 18.5 Å². The fourth-order valence-corrected chi connectivity index (χ4v) is 2.28. The molecule has 4 nitrogen and oxygen atoms in total. The highest BCUT2D eigenvalue weighted by molar-refractivity contribution is 6.30. The lowest BCUT2D eigenvalue weighted by molar-refractivity contribution is -0.132. The summed E-state index contributed by atoms with van der Waals surface area (Å²) in [5.41, 5.74) is 6.95. The van der Waals surface area contributed by atoms with Crippen LogP contribution in [0.2, 0.25) is 5.02 Å². The number of likely N-dealkylation sites (N-methyl/N-ethyl adjacent to an activating group) is 1. The maximum Gasteiger partial charge on any atom is 0.260 e. The normalized spacial score (nSPS) is 12.0.